The van der Waals surface area contributed by atoms with E-state index in [4.69, 9.17) is 0 Å². The van der Waals surface area contributed by atoms with Crippen LogP contribution >= 0.6 is 0 Å². The van der Waals surface area contributed by atoms with Crippen LogP contribution in [0.5, 0.6) is 0 Å². The Morgan fingerprint density at radius 1 is 1.22 bits per heavy atom. The molecule has 1 aromatic carbocycles. The molecule has 0 aliphatic heterocycles. The number of rotatable bonds is 4. The molecule has 0 bridgehead atoms. The number of hydrogen-bond acceptors (Lipinski definition) is 2. The predicted molar refractivity (Wildman–Crippen MR) is 93.6 cm³/mol. The second-order valence-corrected chi connectivity index (χ2v) is 7.35. The average Bonchev–Trinajstić information content (AvgIpc) is 3.19. The van der Waals surface area contributed by atoms with Crippen molar-refractivity contribution in [3.05, 3.63) is 35.4 Å². The van der Waals surface area contributed by atoms with E-state index in [1.807, 2.05) is 11.9 Å². The van der Waals surface area contributed by atoms with E-state index in [0.29, 0.717) is 0 Å². The van der Waals surface area contributed by atoms with Crippen LogP contribution in [0.3, 0.4) is 0 Å². The van der Waals surface area contributed by atoms with E-state index in [1.54, 1.807) is 0 Å². The van der Waals surface area contributed by atoms with Gasteiger partial charge in [0.15, 0.2) is 0 Å². The number of hydrogen-bond donors (Lipinski definition) is 1. The molecule has 4 nitrogen and oxygen atoms in total. The highest BCUT2D eigenvalue weighted by Crippen LogP contribution is 2.35. The molecule has 1 aromatic rings. The van der Waals surface area contributed by atoms with Crippen LogP contribution in [0.15, 0.2) is 24.3 Å². The third-order valence-electron chi connectivity index (χ3n) is 5.94. The molecule has 0 radical (unpaired) electrons. The summed E-state index contributed by atoms with van der Waals surface area (Å²) >= 11 is 0. The summed E-state index contributed by atoms with van der Waals surface area (Å²) in [6.45, 7) is 0.748. The molecule has 126 valence electrons. The van der Waals surface area contributed by atoms with E-state index in [0.717, 1.165) is 19.4 Å². The zero-order valence-corrected chi connectivity index (χ0v) is 14.6. The van der Waals surface area contributed by atoms with Gasteiger partial charge in [-0.3, -0.25) is 0 Å². The topological polar surface area (TPSA) is 35.6 Å². The Labute approximate surface area is 139 Å². The number of carbonyl (C=O) groups is 1. The van der Waals surface area contributed by atoms with Crippen LogP contribution in [0.4, 0.5) is 4.79 Å². The highest BCUT2D eigenvalue weighted by Gasteiger charge is 2.37. The SMILES string of the molecule is CN(C(=O)NCC1(N(C)C)CCCC1)[C@@H]1CCc2ccccc21. The van der Waals surface area contributed by atoms with Gasteiger partial charge < -0.3 is 15.1 Å². The summed E-state index contributed by atoms with van der Waals surface area (Å²) in [5.74, 6) is 0. The Bertz CT molecular complexity index is 563. The molecule has 1 atom stereocenters. The fourth-order valence-corrected chi connectivity index (χ4v) is 4.26. The molecule has 0 unspecified atom stereocenters. The van der Waals surface area contributed by atoms with Gasteiger partial charge in [0.1, 0.15) is 0 Å². The zero-order valence-electron chi connectivity index (χ0n) is 14.6. The minimum atomic E-state index is 0.0554. The van der Waals surface area contributed by atoms with Crippen LogP contribution < -0.4 is 5.32 Å². The first-order valence-electron chi connectivity index (χ1n) is 8.79. The molecule has 3 rings (SSSR count). The van der Waals surface area contributed by atoms with Crippen LogP contribution in [0.2, 0.25) is 0 Å². The quantitative estimate of drug-likeness (QED) is 0.926. The highest BCUT2D eigenvalue weighted by atomic mass is 16.2. The van der Waals surface area contributed by atoms with Crippen molar-refractivity contribution in [2.75, 3.05) is 27.7 Å². The second-order valence-electron chi connectivity index (χ2n) is 7.35. The van der Waals surface area contributed by atoms with Crippen molar-refractivity contribution < 1.29 is 4.79 Å². The molecule has 1 fully saturated rings. The van der Waals surface area contributed by atoms with Gasteiger partial charge in [0, 0.05) is 19.1 Å². The van der Waals surface area contributed by atoms with Crippen molar-refractivity contribution in [2.24, 2.45) is 0 Å². The highest BCUT2D eigenvalue weighted by molar-refractivity contribution is 5.74. The van der Waals surface area contributed by atoms with Gasteiger partial charge in [-0.15, -0.1) is 0 Å². The number of aryl methyl sites for hydroxylation is 1. The van der Waals surface area contributed by atoms with Gasteiger partial charge in [0.25, 0.3) is 0 Å². The summed E-state index contributed by atoms with van der Waals surface area (Å²) in [6, 6.07) is 8.77. The van der Waals surface area contributed by atoms with Gasteiger partial charge >= 0.3 is 6.03 Å². The Kier molecular flexibility index (Phi) is 4.62. The summed E-state index contributed by atoms with van der Waals surface area (Å²) in [7, 11) is 6.20. The summed E-state index contributed by atoms with van der Waals surface area (Å²) in [4.78, 5) is 16.8. The molecule has 0 saturated heterocycles. The first-order valence-corrected chi connectivity index (χ1v) is 8.79. The fourth-order valence-electron chi connectivity index (χ4n) is 4.26. The monoisotopic (exact) mass is 315 g/mol. The molecular formula is C19H29N3O. The van der Waals surface area contributed by atoms with E-state index in [9.17, 15) is 4.79 Å². The van der Waals surface area contributed by atoms with E-state index in [-0.39, 0.29) is 17.6 Å². The zero-order chi connectivity index (χ0) is 16.4. The van der Waals surface area contributed by atoms with Crippen molar-refractivity contribution in [1.29, 1.82) is 0 Å². The molecule has 1 N–H and O–H groups in total. The van der Waals surface area contributed by atoms with Crippen LogP contribution in [0.25, 0.3) is 0 Å². The van der Waals surface area contributed by atoms with Crippen LogP contribution in [-0.2, 0) is 6.42 Å². The van der Waals surface area contributed by atoms with Crippen LogP contribution in [-0.4, -0.2) is 49.1 Å². The summed E-state index contributed by atoms with van der Waals surface area (Å²) in [5, 5.41) is 3.20. The Balaban J connectivity index is 1.63. The van der Waals surface area contributed by atoms with Gasteiger partial charge in [0.05, 0.1) is 6.04 Å². The largest absolute Gasteiger partial charge is 0.336 e. The number of benzene rings is 1. The lowest BCUT2D eigenvalue weighted by Crippen LogP contribution is -2.53. The maximum absolute atomic E-state index is 12.7. The Morgan fingerprint density at radius 3 is 2.61 bits per heavy atom. The Morgan fingerprint density at radius 2 is 1.91 bits per heavy atom. The van der Waals surface area contributed by atoms with Gasteiger partial charge in [-0.05, 0) is 50.9 Å². The average molecular weight is 315 g/mol. The lowest BCUT2D eigenvalue weighted by atomic mass is 9.96. The Hall–Kier alpha value is -1.55. The molecule has 2 aliphatic carbocycles. The van der Waals surface area contributed by atoms with Crippen molar-refractivity contribution in [3.8, 4) is 0 Å². The number of likely N-dealkylation sites (N-methyl/N-ethyl adjacent to an activating group) is 1. The molecule has 4 heteroatoms. The predicted octanol–water partition coefficient (Wildman–Crippen LogP) is 3.19. The number of urea groups is 1. The van der Waals surface area contributed by atoms with Crippen LogP contribution in [0, 0.1) is 0 Å². The van der Waals surface area contributed by atoms with Crippen molar-refractivity contribution in [3.63, 3.8) is 0 Å². The molecular weight excluding hydrogens is 286 g/mol. The van der Waals surface area contributed by atoms with E-state index >= 15 is 0 Å². The second kappa shape index (κ2) is 6.52. The van der Waals surface area contributed by atoms with Crippen molar-refractivity contribution in [2.45, 2.75) is 50.1 Å². The normalized spacial score (nSPS) is 22.2. The minimum absolute atomic E-state index is 0.0554. The smallest absolute Gasteiger partial charge is 0.317 e. The van der Waals surface area contributed by atoms with E-state index < -0.39 is 0 Å². The number of nitrogens with one attached hydrogen (secondary N) is 1. The van der Waals surface area contributed by atoms with Crippen molar-refractivity contribution >= 4 is 6.03 Å². The number of carbonyl (C=O) groups excluding carboxylic acids is 1. The minimum Gasteiger partial charge on any atom is -0.336 e. The molecule has 2 aliphatic rings. The van der Waals surface area contributed by atoms with Gasteiger partial charge in [0.2, 0.25) is 0 Å². The fraction of sp³-hybridized carbons (Fsp3) is 0.632. The molecule has 0 aromatic heterocycles. The van der Waals surface area contributed by atoms with Gasteiger partial charge in [-0.2, -0.15) is 0 Å². The first-order chi connectivity index (χ1) is 11.0. The maximum atomic E-state index is 12.7. The van der Waals surface area contributed by atoms with Gasteiger partial charge in [-0.1, -0.05) is 37.1 Å². The maximum Gasteiger partial charge on any atom is 0.317 e. The molecule has 0 spiro atoms. The van der Waals surface area contributed by atoms with Crippen LogP contribution in [0.1, 0.15) is 49.3 Å². The summed E-state index contributed by atoms with van der Waals surface area (Å²) in [6.07, 6.45) is 6.98. The molecule has 0 heterocycles. The lowest BCUT2D eigenvalue weighted by Gasteiger charge is -2.37. The standard InChI is InChI=1S/C19H29N3O/c1-21(2)19(12-6-7-13-19)14-20-18(23)22(3)17-11-10-15-8-4-5-9-16(15)17/h4-5,8-9,17H,6-7,10-14H2,1-3H3,(H,20,23)/t17-/m1/s1. The summed E-state index contributed by atoms with van der Waals surface area (Å²) < 4.78 is 0. The third kappa shape index (κ3) is 3.09. The lowest BCUT2D eigenvalue weighted by molar-refractivity contribution is 0.144. The first kappa shape index (κ1) is 16.3. The van der Waals surface area contributed by atoms with E-state index in [2.05, 4.69) is 48.6 Å². The molecule has 1 saturated carbocycles. The molecule has 23 heavy (non-hydrogen) atoms. The van der Waals surface area contributed by atoms with E-state index in [1.165, 1.54) is 36.8 Å². The summed E-state index contributed by atoms with van der Waals surface area (Å²) in [5.41, 5.74) is 2.84. The number of amides is 2. The molecule has 2 amide bonds. The number of fused-ring (bicyclic) bond motifs is 1. The van der Waals surface area contributed by atoms with Crippen molar-refractivity contribution in [1.82, 2.24) is 15.1 Å². The van der Waals surface area contributed by atoms with Gasteiger partial charge in [-0.25, -0.2) is 4.79 Å². The number of nitrogens with zero attached hydrogens (tertiary/aromatic N) is 2. The third-order valence-corrected chi connectivity index (χ3v) is 5.94.